The standard InChI is InChI=1S/C17H19N3O2.2ClH/c21-17(12-19-10-13-6-7-13)20-15-11-18-9-8-16(15)22-14-4-2-1-3-5-14;;/h1-5,8-9,11,13,19H,6-7,10,12H2,(H,20,21);2*1H. The molecule has 1 aliphatic carbocycles. The molecule has 1 heterocycles. The van der Waals surface area contributed by atoms with Crippen molar-refractivity contribution in [3.63, 3.8) is 0 Å². The topological polar surface area (TPSA) is 63.2 Å². The van der Waals surface area contributed by atoms with Crippen LogP contribution in [0.25, 0.3) is 0 Å². The van der Waals surface area contributed by atoms with Crippen molar-refractivity contribution in [2.24, 2.45) is 5.92 Å². The third-order valence-corrected chi connectivity index (χ3v) is 3.44. The number of hydrogen-bond donors (Lipinski definition) is 2. The number of nitrogens with one attached hydrogen (secondary N) is 2. The number of para-hydroxylation sites is 1. The van der Waals surface area contributed by atoms with Gasteiger partial charge in [-0.2, -0.15) is 0 Å². The molecule has 1 aliphatic rings. The zero-order valence-electron chi connectivity index (χ0n) is 13.1. The first kappa shape index (κ1) is 20.2. The number of aromatic nitrogens is 1. The predicted molar refractivity (Wildman–Crippen MR) is 99.5 cm³/mol. The fraction of sp³-hybridized carbons (Fsp3) is 0.294. The van der Waals surface area contributed by atoms with Crippen LogP contribution in [0.3, 0.4) is 0 Å². The van der Waals surface area contributed by atoms with Crippen molar-refractivity contribution in [1.29, 1.82) is 0 Å². The number of hydrogen-bond acceptors (Lipinski definition) is 4. The number of nitrogens with zero attached hydrogens (tertiary/aromatic N) is 1. The largest absolute Gasteiger partial charge is 0.455 e. The van der Waals surface area contributed by atoms with E-state index in [1.54, 1.807) is 18.5 Å². The number of carbonyl (C=O) groups excluding carboxylic acids is 1. The summed E-state index contributed by atoms with van der Waals surface area (Å²) >= 11 is 0. The lowest BCUT2D eigenvalue weighted by molar-refractivity contribution is -0.115. The van der Waals surface area contributed by atoms with Gasteiger partial charge in [-0.3, -0.25) is 9.78 Å². The predicted octanol–water partition coefficient (Wildman–Crippen LogP) is 3.66. The number of halogens is 2. The van der Waals surface area contributed by atoms with Crippen molar-refractivity contribution in [3.8, 4) is 11.5 Å². The van der Waals surface area contributed by atoms with Crippen LogP contribution in [0.5, 0.6) is 11.5 Å². The monoisotopic (exact) mass is 369 g/mol. The summed E-state index contributed by atoms with van der Waals surface area (Å²) in [5, 5.41) is 6.00. The van der Waals surface area contributed by atoms with Crippen molar-refractivity contribution >= 4 is 36.4 Å². The second-order valence-electron chi connectivity index (χ2n) is 5.41. The quantitative estimate of drug-likeness (QED) is 0.781. The average Bonchev–Trinajstić information content (AvgIpc) is 3.35. The molecule has 3 rings (SSSR count). The molecule has 0 atom stereocenters. The number of benzene rings is 1. The molecule has 1 amide bonds. The molecule has 2 aromatic rings. The fourth-order valence-electron chi connectivity index (χ4n) is 2.09. The summed E-state index contributed by atoms with van der Waals surface area (Å²) in [7, 11) is 0. The Balaban J connectivity index is 0.00000144. The van der Waals surface area contributed by atoms with Crippen LogP contribution in [0.2, 0.25) is 0 Å². The summed E-state index contributed by atoms with van der Waals surface area (Å²) < 4.78 is 5.79. The first-order valence-corrected chi connectivity index (χ1v) is 7.49. The van der Waals surface area contributed by atoms with Gasteiger partial charge in [-0.1, -0.05) is 18.2 Å². The molecule has 24 heavy (non-hydrogen) atoms. The van der Waals surface area contributed by atoms with Crippen LogP contribution in [0.1, 0.15) is 12.8 Å². The van der Waals surface area contributed by atoms with Crippen LogP contribution in [0, 0.1) is 5.92 Å². The van der Waals surface area contributed by atoms with Gasteiger partial charge in [-0.15, -0.1) is 24.8 Å². The lowest BCUT2D eigenvalue weighted by Crippen LogP contribution is -2.29. The van der Waals surface area contributed by atoms with Crippen molar-refractivity contribution in [3.05, 3.63) is 48.8 Å². The van der Waals surface area contributed by atoms with Gasteiger partial charge >= 0.3 is 0 Å². The summed E-state index contributed by atoms with van der Waals surface area (Å²) in [4.78, 5) is 16.0. The van der Waals surface area contributed by atoms with E-state index in [-0.39, 0.29) is 30.7 Å². The van der Waals surface area contributed by atoms with Crippen LogP contribution < -0.4 is 15.4 Å². The van der Waals surface area contributed by atoms with E-state index in [9.17, 15) is 4.79 Å². The Morgan fingerprint density at radius 1 is 1.17 bits per heavy atom. The minimum atomic E-state index is -0.0911. The Labute approximate surface area is 154 Å². The van der Waals surface area contributed by atoms with Gasteiger partial charge < -0.3 is 15.4 Å². The van der Waals surface area contributed by atoms with Gasteiger partial charge in [-0.25, -0.2) is 0 Å². The lowest BCUT2D eigenvalue weighted by Gasteiger charge is -2.12. The molecule has 1 aromatic heterocycles. The third kappa shape index (κ3) is 6.35. The van der Waals surface area contributed by atoms with Gasteiger partial charge in [0.2, 0.25) is 5.91 Å². The summed E-state index contributed by atoms with van der Waals surface area (Å²) in [5.41, 5.74) is 0.574. The minimum absolute atomic E-state index is 0. The maximum Gasteiger partial charge on any atom is 0.238 e. The highest BCUT2D eigenvalue weighted by Crippen LogP contribution is 2.28. The molecule has 0 spiro atoms. The molecule has 0 saturated heterocycles. The van der Waals surface area contributed by atoms with E-state index < -0.39 is 0 Å². The van der Waals surface area contributed by atoms with Crippen LogP contribution in [-0.4, -0.2) is 24.0 Å². The number of amides is 1. The molecule has 0 radical (unpaired) electrons. The van der Waals surface area contributed by atoms with Crippen LogP contribution in [0.4, 0.5) is 5.69 Å². The van der Waals surface area contributed by atoms with Crippen LogP contribution in [0.15, 0.2) is 48.8 Å². The van der Waals surface area contributed by atoms with Crippen LogP contribution >= 0.6 is 24.8 Å². The van der Waals surface area contributed by atoms with Gasteiger partial charge in [0.1, 0.15) is 11.4 Å². The highest BCUT2D eigenvalue weighted by molar-refractivity contribution is 5.93. The first-order valence-electron chi connectivity index (χ1n) is 7.49. The number of ether oxygens (including phenoxy) is 1. The van der Waals surface area contributed by atoms with Crippen molar-refractivity contribution < 1.29 is 9.53 Å². The Kier molecular flexibility index (Phi) is 8.54. The summed E-state index contributed by atoms with van der Waals surface area (Å²) in [6.45, 7) is 1.21. The molecular weight excluding hydrogens is 349 g/mol. The minimum Gasteiger partial charge on any atom is -0.455 e. The third-order valence-electron chi connectivity index (χ3n) is 3.44. The van der Waals surface area contributed by atoms with Gasteiger partial charge in [0.25, 0.3) is 0 Å². The van der Waals surface area contributed by atoms with E-state index in [0.717, 1.165) is 18.2 Å². The molecule has 1 fully saturated rings. The number of rotatable bonds is 7. The molecule has 2 N–H and O–H groups in total. The Morgan fingerprint density at radius 2 is 1.92 bits per heavy atom. The van der Waals surface area contributed by atoms with Gasteiger partial charge in [0.15, 0.2) is 5.75 Å². The second kappa shape index (κ2) is 10.1. The molecular formula is C17H21Cl2N3O2. The summed E-state index contributed by atoms with van der Waals surface area (Å²) in [5.74, 6) is 1.96. The van der Waals surface area contributed by atoms with Crippen molar-refractivity contribution in [1.82, 2.24) is 10.3 Å². The number of anilines is 1. The van der Waals surface area contributed by atoms with Gasteiger partial charge in [-0.05, 0) is 37.4 Å². The maximum absolute atomic E-state index is 12.0. The van der Waals surface area contributed by atoms with E-state index in [2.05, 4.69) is 15.6 Å². The Hall–Kier alpha value is -1.82. The number of carbonyl (C=O) groups is 1. The molecule has 5 nitrogen and oxygen atoms in total. The summed E-state index contributed by atoms with van der Waals surface area (Å²) in [6, 6.07) is 11.2. The van der Waals surface area contributed by atoms with Gasteiger partial charge in [0.05, 0.1) is 12.7 Å². The molecule has 7 heteroatoms. The van der Waals surface area contributed by atoms with E-state index in [1.807, 2.05) is 30.3 Å². The van der Waals surface area contributed by atoms with E-state index in [4.69, 9.17) is 4.74 Å². The van der Waals surface area contributed by atoms with E-state index >= 15 is 0 Å². The Morgan fingerprint density at radius 3 is 2.62 bits per heavy atom. The average molecular weight is 370 g/mol. The normalized spacial score (nSPS) is 12.5. The highest BCUT2D eigenvalue weighted by atomic mass is 35.5. The van der Waals surface area contributed by atoms with Crippen LogP contribution in [-0.2, 0) is 4.79 Å². The van der Waals surface area contributed by atoms with Crippen molar-refractivity contribution in [2.45, 2.75) is 12.8 Å². The zero-order chi connectivity index (χ0) is 15.2. The van der Waals surface area contributed by atoms with E-state index in [1.165, 1.54) is 12.8 Å². The molecule has 0 unspecified atom stereocenters. The fourth-order valence-corrected chi connectivity index (χ4v) is 2.09. The smallest absolute Gasteiger partial charge is 0.238 e. The Bertz CT molecular complexity index is 637. The molecule has 1 saturated carbocycles. The molecule has 130 valence electrons. The van der Waals surface area contributed by atoms with Crippen molar-refractivity contribution in [2.75, 3.05) is 18.4 Å². The lowest BCUT2D eigenvalue weighted by atomic mass is 10.3. The highest BCUT2D eigenvalue weighted by Gasteiger charge is 2.20. The maximum atomic E-state index is 12.0. The zero-order valence-corrected chi connectivity index (χ0v) is 14.7. The number of pyridine rings is 1. The van der Waals surface area contributed by atoms with E-state index in [0.29, 0.717) is 18.0 Å². The first-order chi connectivity index (χ1) is 10.8. The molecule has 1 aromatic carbocycles. The molecule has 0 bridgehead atoms. The molecule has 0 aliphatic heterocycles. The summed E-state index contributed by atoms with van der Waals surface area (Å²) in [6.07, 6.45) is 5.77. The van der Waals surface area contributed by atoms with Gasteiger partial charge in [0, 0.05) is 12.3 Å². The second-order valence-corrected chi connectivity index (χ2v) is 5.41. The SMILES string of the molecule is Cl.Cl.O=C(CNCC1CC1)Nc1cnccc1Oc1ccccc1.